The number of amides is 1. The zero-order chi connectivity index (χ0) is 16.5. The van der Waals surface area contributed by atoms with E-state index in [-0.39, 0.29) is 11.9 Å². The fourth-order valence-corrected chi connectivity index (χ4v) is 3.50. The molecule has 2 aromatic heterocycles. The van der Waals surface area contributed by atoms with Crippen LogP contribution in [-0.2, 0) is 11.8 Å². The Balaban J connectivity index is 1.53. The van der Waals surface area contributed by atoms with Crippen LogP contribution < -0.4 is 0 Å². The van der Waals surface area contributed by atoms with Crippen molar-refractivity contribution >= 4 is 5.91 Å². The first kappa shape index (κ1) is 15.3. The second-order valence-electron chi connectivity index (χ2n) is 6.37. The third-order valence-electron chi connectivity index (χ3n) is 4.88. The lowest BCUT2D eigenvalue weighted by molar-refractivity contribution is 0.0698. The molecule has 1 atom stereocenters. The molecule has 8 heteroatoms. The van der Waals surface area contributed by atoms with Crippen molar-refractivity contribution in [3.63, 3.8) is 0 Å². The number of carbonyl (C=O) groups excluding carboxylic acids is 1. The van der Waals surface area contributed by atoms with Gasteiger partial charge in [0.1, 0.15) is 11.7 Å². The molecule has 0 aliphatic carbocycles. The minimum Gasteiger partial charge on any atom is -0.381 e. The van der Waals surface area contributed by atoms with Gasteiger partial charge < -0.3 is 14.2 Å². The van der Waals surface area contributed by atoms with Crippen LogP contribution in [0.15, 0.2) is 16.8 Å². The van der Waals surface area contributed by atoms with E-state index in [1.807, 2.05) is 4.90 Å². The van der Waals surface area contributed by atoms with E-state index in [1.165, 1.54) is 0 Å². The topological polar surface area (TPSA) is 86.3 Å². The molecule has 0 bridgehead atoms. The highest BCUT2D eigenvalue weighted by Gasteiger charge is 2.36. The van der Waals surface area contributed by atoms with E-state index in [4.69, 9.17) is 9.26 Å². The van der Waals surface area contributed by atoms with Gasteiger partial charge in [-0.3, -0.25) is 9.48 Å². The van der Waals surface area contributed by atoms with Crippen molar-refractivity contribution < 1.29 is 14.1 Å². The Kier molecular flexibility index (Phi) is 4.05. The molecular formula is C16H21N5O3. The van der Waals surface area contributed by atoms with E-state index in [0.29, 0.717) is 24.0 Å². The standard InChI is InChI=1S/C16H21N5O3/c1-20-13(4-7-17-20)16(22)21-8-2-3-12(21)15-18-14(19-24-15)11-5-9-23-10-6-11/h4,7,11-12H,2-3,5-6,8-10H2,1H3. The summed E-state index contributed by atoms with van der Waals surface area (Å²) in [5.74, 6) is 1.54. The molecule has 8 nitrogen and oxygen atoms in total. The van der Waals surface area contributed by atoms with Gasteiger partial charge in [-0.15, -0.1) is 0 Å². The third kappa shape index (κ3) is 2.71. The van der Waals surface area contributed by atoms with Gasteiger partial charge in [-0.25, -0.2) is 0 Å². The van der Waals surface area contributed by atoms with Crippen molar-refractivity contribution in [1.29, 1.82) is 0 Å². The molecule has 128 valence electrons. The van der Waals surface area contributed by atoms with Crippen LogP contribution in [0.1, 0.15) is 59.8 Å². The summed E-state index contributed by atoms with van der Waals surface area (Å²) in [5.41, 5.74) is 0.575. The second kappa shape index (κ2) is 6.35. The van der Waals surface area contributed by atoms with Gasteiger partial charge in [-0.05, 0) is 31.7 Å². The van der Waals surface area contributed by atoms with Gasteiger partial charge >= 0.3 is 0 Å². The number of rotatable bonds is 3. The van der Waals surface area contributed by atoms with Crippen molar-refractivity contribution in [3.05, 3.63) is 29.7 Å². The molecule has 2 fully saturated rings. The Labute approximate surface area is 139 Å². The number of aromatic nitrogens is 4. The smallest absolute Gasteiger partial charge is 0.272 e. The van der Waals surface area contributed by atoms with Crippen LogP contribution in [0.25, 0.3) is 0 Å². The van der Waals surface area contributed by atoms with Crippen LogP contribution in [0.3, 0.4) is 0 Å². The summed E-state index contributed by atoms with van der Waals surface area (Å²) in [7, 11) is 1.77. The van der Waals surface area contributed by atoms with E-state index in [9.17, 15) is 4.79 Å². The van der Waals surface area contributed by atoms with Crippen LogP contribution in [0, 0.1) is 0 Å². The largest absolute Gasteiger partial charge is 0.381 e. The second-order valence-corrected chi connectivity index (χ2v) is 6.37. The number of hydrogen-bond donors (Lipinski definition) is 0. The van der Waals surface area contributed by atoms with E-state index in [0.717, 1.165) is 44.7 Å². The summed E-state index contributed by atoms with van der Waals surface area (Å²) in [6, 6.07) is 1.59. The fourth-order valence-electron chi connectivity index (χ4n) is 3.50. The normalized spacial score (nSPS) is 22.2. The van der Waals surface area contributed by atoms with Gasteiger partial charge in [0, 0.05) is 38.9 Å². The summed E-state index contributed by atoms with van der Waals surface area (Å²) < 4.78 is 12.5. The first-order valence-electron chi connectivity index (χ1n) is 8.44. The Morgan fingerprint density at radius 2 is 2.12 bits per heavy atom. The molecule has 24 heavy (non-hydrogen) atoms. The van der Waals surface area contributed by atoms with Gasteiger partial charge in [0.2, 0.25) is 5.89 Å². The predicted octanol–water partition coefficient (Wildman–Crippen LogP) is 1.67. The highest BCUT2D eigenvalue weighted by molar-refractivity contribution is 5.92. The molecule has 0 radical (unpaired) electrons. The number of carbonyl (C=O) groups is 1. The zero-order valence-electron chi connectivity index (χ0n) is 13.7. The zero-order valence-corrected chi connectivity index (χ0v) is 13.7. The number of hydrogen-bond acceptors (Lipinski definition) is 6. The summed E-state index contributed by atoms with van der Waals surface area (Å²) in [4.78, 5) is 19.2. The summed E-state index contributed by atoms with van der Waals surface area (Å²) in [5, 5.41) is 8.24. The van der Waals surface area contributed by atoms with Crippen molar-refractivity contribution in [3.8, 4) is 0 Å². The van der Waals surface area contributed by atoms with Crippen molar-refractivity contribution in [2.75, 3.05) is 19.8 Å². The summed E-state index contributed by atoms with van der Waals surface area (Å²) in [6.45, 7) is 2.18. The van der Waals surface area contributed by atoms with Gasteiger partial charge in [-0.2, -0.15) is 10.1 Å². The SMILES string of the molecule is Cn1nccc1C(=O)N1CCCC1c1nc(C2CCOCC2)no1. The van der Waals surface area contributed by atoms with Crippen LogP contribution in [-0.4, -0.2) is 50.5 Å². The molecule has 4 heterocycles. The summed E-state index contributed by atoms with van der Waals surface area (Å²) >= 11 is 0. The molecule has 0 saturated carbocycles. The molecule has 1 amide bonds. The molecule has 2 aromatic rings. The van der Waals surface area contributed by atoms with Gasteiger partial charge in [-0.1, -0.05) is 5.16 Å². The van der Waals surface area contributed by atoms with Crippen LogP contribution in [0.2, 0.25) is 0 Å². The molecule has 2 aliphatic rings. The maximum absolute atomic E-state index is 12.8. The van der Waals surface area contributed by atoms with Crippen LogP contribution in [0.5, 0.6) is 0 Å². The monoisotopic (exact) mass is 331 g/mol. The maximum atomic E-state index is 12.8. The number of aryl methyl sites for hydroxylation is 1. The minimum atomic E-state index is -0.145. The molecule has 1 unspecified atom stereocenters. The van der Waals surface area contributed by atoms with Crippen molar-refractivity contribution in [2.24, 2.45) is 7.05 Å². The lowest BCUT2D eigenvalue weighted by atomic mass is 10.00. The highest BCUT2D eigenvalue weighted by atomic mass is 16.5. The van der Waals surface area contributed by atoms with Crippen molar-refractivity contribution in [1.82, 2.24) is 24.8 Å². The first-order valence-corrected chi connectivity index (χ1v) is 8.44. The quantitative estimate of drug-likeness (QED) is 0.850. The molecule has 2 saturated heterocycles. The van der Waals surface area contributed by atoms with E-state index in [2.05, 4.69) is 15.2 Å². The minimum absolute atomic E-state index is 0.0386. The lowest BCUT2D eigenvalue weighted by Gasteiger charge is -2.22. The Hall–Kier alpha value is -2.22. The molecular weight excluding hydrogens is 310 g/mol. The number of ether oxygens (including phenoxy) is 1. The molecule has 4 rings (SSSR count). The maximum Gasteiger partial charge on any atom is 0.272 e. The number of likely N-dealkylation sites (tertiary alicyclic amines) is 1. The molecule has 0 aromatic carbocycles. The third-order valence-corrected chi connectivity index (χ3v) is 4.88. The highest BCUT2D eigenvalue weighted by Crippen LogP contribution is 2.33. The van der Waals surface area contributed by atoms with Gasteiger partial charge in [0.05, 0.1) is 0 Å². The Bertz CT molecular complexity index is 719. The van der Waals surface area contributed by atoms with Gasteiger partial charge in [0.25, 0.3) is 5.91 Å². The lowest BCUT2D eigenvalue weighted by Crippen LogP contribution is -2.32. The van der Waals surface area contributed by atoms with Crippen molar-refractivity contribution in [2.45, 2.75) is 37.6 Å². The van der Waals surface area contributed by atoms with Crippen LogP contribution in [0.4, 0.5) is 0 Å². The first-order chi connectivity index (χ1) is 11.7. The predicted molar refractivity (Wildman–Crippen MR) is 83.3 cm³/mol. The Morgan fingerprint density at radius 1 is 1.29 bits per heavy atom. The number of nitrogens with zero attached hydrogens (tertiary/aromatic N) is 5. The Morgan fingerprint density at radius 3 is 2.88 bits per heavy atom. The molecule has 0 spiro atoms. The average Bonchev–Trinajstić information content (AvgIpc) is 3.35. The molecule has 0 N–H and O–H groups in total. The fraction of sp³-hybridized carbons (Fsp3) is 0.625. The van der Waals surface area contributed by atoms with E-state index >= 15 is 0 Å². The van der Waals surface area contributed by atoms with Gasteiger partial charge in [0.15, 0.2) is 5.82 Å². The molecule has 2 aliphatic heterocycles. The average molecular weight is 331 g/mol. The van der Waals surface area contributed by atoms with E-state index < -0.39 is 0 Å². The summed E-state index contributed by atoms with van der Waals surface area (Å²) in [6.07, 6.45) is 5.25. The van der Waals surface area contributed by atoms with E-state index in [1.54, 1.807) is 24.0 Å². The van der Waals surface area contributed by atoms with Crippen LogP contribution >= 0.6 is 0 Å².